The Balaban J connectivity index is 1.20. The molecule has 0 saturated carbocycles. The molecule has 0 bridgehead atoms. The lowest BCUT2D eigenvalue weighted by Crippen LogP contribution is -2.61. The van der Waals surface area contributed by atoms with Gasteiger partial charge in [-0.2, -0.15) is 0 Å². The molecule has 2 aliphatic heterocycles. The van der Waals surface area contributed by atoms with Crippen molar-refractivity contribution in [2.75, 3.05) is 32.8 Å². The van der Waals surface area contributed by atoms with Gasteiger partial charge in [0.2, 0.25) is 100 Å². The largest absolute Gasteiger partial charge is 0.394 e. The fourth-order valence-electron chi connectivity index (χ4n) is 16.0. The van der Waals surface area contributed by atoms with Crippen LogP contribution in [0.2, 0.25) is 0 Å². The number of likely N-dealkylation sites (tertiary alicyclic amines) is 2. The molecule has 2 aliphatic rings. The molecule has 0 radical (unpaired) electrons. The van der Waals surface area contributed by atoms with Crippen molar-refractivity contribution in [3.63, 3.8) is 0 Å². The Morgan fingerprint density at radius 1 is 0.368 bits per heavy atom. The molecular weight excluding hydrogens is 1710 g/mol. The van der Waals surface area contributed by atoms with Gasteiger partial charge in [-0.15, -0.1) is 0 Å². The van der Waals surface area contributed by atoms with E-state index in [0.29, 0.717) is 44.1 Å². The summed E-state index contributed by atoms with van der Waals surface area (Å²) < 4.78 is 0. The van der Waals surface area contributed by atoms with Crippen LogP contribution in [0.4, 0.5) is 0 Å². The van der Waals surface area contributed by atoms with Gasteiger partial charge in [0.25, 0.3) is 0 Å². The third-order valence-electron chi connectivity index (χ3n) is 23.8. The summed E-state index contributed by atoms with van der Waals surface area (Å²) in [5.74, 6) is -14.4. The number of hydrogen-bond donors (Lipinski definition) is 18. The quantitative estimate of drug-likeness (QED) is 0.0355. The molecule has 133 heavy (non-hydrogen) atoms. The summed E-state index contributed by atoms with van der Waals surface area (Å²) in [4.78, 5) is 243. The molecule has 0 unspecified atom stereocenters. The fraction of sp³-hybridized carbons (Fsp3) is 0.635. The minimum atomic E-state index is -1.71. The Labute approximate surface area is 783 Å². The van der Waals surface area contributed by atoms with Crippen LogP contribution in [-0.2, 0) is 101 Å². The number of benzene rings is 3. The first kappa shape index (κ1) is 112. The standard InChI is InChI=1S/C96H151N19O18/c1-17-59(13)79(94(131)110-74(48-58(11)12)96(133)114-42-30-39-76(114)91(128)103-67(38-28-29-41-97)86(123)113-80(60(14)18-2)93(130)104-68(81(99)118)50-64-34-24-20-25-35-64)112-83(120)62(16)102-90(127)75(53-116)111-89(126)69(44-54(3)4)105-82(119)61(15)101-78(117)52-100-85(122)72(51-65-36-26-21-27-37-65)107-87(124)70(45-55(5)6)106-88(125)71(46-56(7)8)108-92(129)77-40-31-43-115(77)95(132)73(47-57(9)10)109-84(121)66(98)49-63-32-22-19-23-33-63/h19-27,32-37,54-62,66-77,79-80,116H,17-18,28-31,38-53,97-98H2,1-16H3,(H2,99,118)(H,100,122)(H,101,117)(H,102,127)(H,103,128)(H,104,130)(H,105,119)(H,106,125)(H,107,124)(H,108,129)(H,109,121)(H,110,131)(H,111,126)(H,112,120)(H,113,123)/t59-,60-,61-,62-,66-,67-,68-,69-,70-,71-,72-,73-,74-,75-,76-,77-,79-,80-/m0/s1. The average Bonchev–Trinajstić information content (AvgIpc) is 1.68. The molecule has 3 aromatic rings. The van der Waals surface area contributed by atoms with Crippen LogP contribution in [0.5, 0.6) is 0 Å². The number of nitrogens with two attached hydrogens (primary N) is 3. The molecule has 5 rings (SSSR count). The van der Waals surface area contributed by atoms with E-state index < -0.39 is 222 Å². The molecule has 37 nitrogen and oxygen atoms in total. The predicted molar refractivity (Wildman–Crippen MR) is 503 cm³/mol. The Morgan fingerprint density at radius 3 is 1.13 bits per heavy atom. The first-order chi connectivity index (χ1) is 62.9. The van der Waals surface area contributed by atoms with E-state index in [1.807, 2.05) is 92.6 Å². The van der Waals surface area contributed by atoms with E-state index in [9.17, 15) is 86.6 Å². The number of carbonyl (C=O) groups excluding carboxylic acids is 17. The molecule has 37 heteroatoms. The normalized spacial score (nSPS) is 17.4. The van der Waals surface area contributed by atoms with E-state index >= 15 is 0 Å². The number of aliphatic hydroxyl groups excluding tert-OH is 1. The Kier molecular flexibility index (Phi) is 47.6. The van der Waals surface area contributed by atoms with Gasteiger partial charge >= 0.3 is 0 Å². The van der Waals surface area contributed by atoms with Crippen LogP contribution in [-0.4, -0.2) is 245 Å². The fourth-order valence-corrected chi connectivity index (χ4v) is 16.0. The average molecular weight is 1860 g/mol. The van der Waals surface area contributed by atoms with Gasteiger partial charge in [0.05, 0.1) is 19.2 Å². The highest BCUT2D eigenvalue weighted by Crippen LogP contribution is 2.26. The molecule has 0 spiro atoms. The van der Waals surface area contributed by atoms with E-state index in [0.717, 1.165) is 11.1 Å². The van der Waals surface area contributed by atoms with Crippen molar-refractivity contribution in [2.45, 2.75) is 317 Å². The van der Waals surface area contributed by atoms with E-state index in [2.05, 4.69) is 74.4 Å². The van der Waals surface area contributed by atoms with Crippen molar-refractivity contribution in [1.82, 2.24) is 84.2 Å². The van der Waals surface area contributed by atoms with Gasteiger partial charge in [0.1, 0.15) is 90.6 Å². The van der Waals surface area contributed by atoms with Crippen LogP contribution in [0, 0.1) is 41.4 Å². The molecule has 2 heterocycles. The molecule has 0 aliphatic carbocycles. The van der Waals surface area contributed by atoms with Gasteiger partial charge in [0.15, 0.2) is 0 Å². The minimum Gasteiger partial charge on any atom is -0.394 e. The highest BCUT2D eigenvalue weighted by atomic mass is 16.3. The summed E-state index contributed by atoms with van der Waals surface area (Å²) >= 11 is 0. The van der Waals surface area contributed by atoms with Crippen molar-refractivity contribution < 1.29 is 86.6 Å². The summed E-state index contributed by atoms with van der Waals surface area (Å²) in [6.45, 7) is 26.9. The number of nitrogens with zero attached hydrogens (tertiary/aromatic N) is 2. The maximum absolute atomic E-state index is 14.8. The monoisotopic (exact) mass is 1860 g/mol. The minimum absolute atomic E-state index is 0.0205. The van der Waals surface area contributed by atoms with Crippen LogP contribution >= 0.6 is 0 Å². The maximum atomic E-state index is 14.8. The number of carbonyl (C=O) groups is 17. The van der Waals surface area contributed by atoms with Crippen molar-refractivity contribution in [2.24, 2.45) is 58.6 Å². The van der Waals surface area contributed by atoms with E-state index in [1.165, 1.54) is 23.6 Å². The van der Waals surface area contributed by atoms with Gasteiger partial charge in [-0.05, 0) is 162 Å². The molecule has 18 atom stereocenters. The molecule has 2 fully saturated rings. The highest BCUT2D eigenvalue weighted by Gasteiger charge is 2.44. The van der Waals surface area contributed by atoms with Crippen LogP contribution < -0.4 is 91.6 Å². The Morgan fingerprint density at radius 2 is 0.707 bits per heavy atom. The van der Waals surface area contributed by atoms with E-state index in [1.54, 1.807) is 95.3 Å². The number of unbranched alkanes of at least 4 members (excludes halogenated alkanes) is 1. The number of rotatable bonds is 56. The van der Waals surface area contributed by atoms with Gasteiger partial charge in [0, 0.05) is 25.9 Å². The number of aliphatic hydroxyl groups is 1. The Hall–Kier alpha value is -11.5. The topological polar surface area (TPSA) is 563 Å². The maximum Gasteiger partial charge on any atom is 0.245 e. The lowest BCUT2D eigenvalue weighted by Gasteiger charge is -2.32. The van der Waals surface area contributed by atoms with Gasteiger partial charge in [-0.25, -0.2) is 0 Å². The summed E-state index contributed by atoms with van der Waals surface area (Å²) in [6, 6.07) is 7.15. The molecule has 738 valence electrons. The second-order valence-electron chi connectivity index (χ2n) is 37.6. The van der Waals surface area contributed by atoms with Crippen molar-refractivity contribution in [3.05, 3.63) is 108 Å². The van der Waals surface area contributed by atoms with Crippen molar-refractivity contribution >= 4 is 100 Å². The highest BCUT2D eigenvalue weighted by molar-refractivity contribution is 6.01. The number of nitrogens with one attached hydrogen (secondary N) is 14. The lowest BCUT2D eigenvalue weighted by molar-refractivity contribution is -0.143. The molecular formula is C96H151N19O18. The zero-order valence-corrected chi connectivity index (χ0v) is 80.5. The van der Waals surface area contributed by atoms with E-state index in [4.69, 9.17) is 17.2 Å². The predicted octanol–water partition coefficient (Wildman–Crippen LogP) is 1.41. The summed E-state index contributed by atoms with van der Waals surface area (Å²) in [6.07, 6.45) is 3.93. The number of amides is 17. The third-order valence-corrected chi connectivity index (χ3v) is 23.8. The smallest absolute Gasteiger partial charge is 0.245 e. The van der Waals surface area contributed by atoms with Crippen molar-refractivity contribution in [1.29, 1.82) is 0 Å². The van der Waals surface area contributed by atoms with Gasteiger partial charge in [-0.3, -0.25) is 81.5 Å². The summed E-state index contributed by atoms with van der Waals surface area (Å²) in [5, 5.41) is 48.2. The molecule has 3 aromatic carbocycles. The van der Waals surface area contributed by atoms with Crippen LogP contribution in [0.3, 0.4) is 0 Å². The number of primary amides is 1. The number of hydrogen-bond acceptors (Lipinski definition) is 20. The second kappa shape index (κ2) is 56.5. The first-order valence-electron chi connectivity index (χ1n) is 47.2. The molecule has 21 N–H and O–H groups in total. The second-order valence-corrected chi connectivity index (χ2v) is 37.6. The molecule has 0 aromatic heterocycles. The third kappa shape index (κ3) is 37.5. The molecule has 2 saturated heterocycles. The Bertz CT molecular complexity index is 4330. The molecule has 17 amide bonds. The first-order valence-corrected chi connectivity index (χ1v) is 47.2. The van der Waals surface area contributed by atoms with Crippen LogP contribution in [0.25, 0.3) is 0 Å². The summed E-state index contributed by atoms with van der Waals surface area (Å²) in [5.41, 5.74) is 20.1. The van der Waals surface area contributed by atoms with Crippen LogP contribution in [0.15, 0.2) is 91.0 Å². The van der Waals surface area contributed by atoms with E-state index in [-0.39, 0.29) is 120 Å². The van der Waals surface area contributed by atoms with Crippen LogP contribution in [0.1, 0.15) is 217 Å². The van der Waals surface area contributed by atoms with Gasteiger partial charge in [-0.1, -0.05) is 201 Å². The SMILES string of the molecule is CC[C@H](C)[C@H](NC(=O)[C@H](C)NC(=O)[C@H](CO)NC(=O)[C@H](CC(C)C)NC(=O)[C@H](C)NC(=O)CNC(=O)[C@H](Cc1ccccc1)NC(=O)[C@H](CC(C)C)NC(=O)[C@H](CC(C)C)NC(=O)[C@@H]1CCCN1C(=O)[C@H](CC(C)C)NC(=O)[C@@H](N)Cc1ccccc1)C(=O)N[C@@H](CC(C)C)C(=O)N1CCC[C@H]1C(=O)N[C@@H](CCCCN)C(=O)N[C@H](C(=O)N[C@@H](Cc1ccccc1)C(N)=O)[C@@H](C)CC. The zero-order chi connectivity index (χ0) is 99.0. The lowest BCUT2D eigenvalue weighted by atomic mass is 9.96. The summed E-state index contributed by atoms with van der Waals surface area (Å²) in [7, 11) is 0. The van der Waals surface area contributed by atoms with Gasteiger partial charge < -0.3 is 107 Å². The van der Waals surface area contributed by atoms with Crippen molar-refractivity contribution in [3.8, 4) is 0 Å². The zero-order valence-electron chi connectivity index (χ0n) is 80.5.